The number of benzene rings is 1. The fourth-order valence-corrected chi connectivity index (χ4v) is 1.86. The van der Waals surface area contributed by atoms with Gasteiger partial charge >= 0.3 is 0 Å². The van der Waals surface area contributed by atoms with Crippen molar-refractivity contribution in [2.75, 3.05) is 5.32 Å². The van der Waals surface area contributed by atoms with Gasteiger partial charge in [-0.05, 0) is 55.4 Å². The van der Waals surface area contributed by atoms with Crippen molar-refractivity contribution in [1.82, 2.24) is 10.4 Å². The normalized spacial score (nSPS) is 11.0. The summed E-state index contributed by atoms with van der Waals surface area (Å²) in [6.45, 7) is 4.04. The minimum atomic E-state index is 0.278. The van der Waals surface area contributed by atoms with E-state index in [1.165, 1.54) is 0 Å². The molecule has 0 saturated heterocycles. The van der Waals surface area contributed by atoms with E-state index in [1.54, 1.807) is 12.3 Å². The van der Waals surface area contributed by atoms with Gasteiger partial charge in [0.1, 0.15) is 5.69 Å². The highest BCUT2D eigenvalue weighted by Crippen LogP contribution is 2.15. The topological polar surface area (TPSA) is 75.3 Å². The first-order valence-corrected chi connectivity index (χ1v) is 6.86. The van der Waals surface area contributed by atoms with Gasteiger partial charge in [-0.2, -0.15) is 5.10 Å². The monoisotopic (exact) mass is 299 g/mol. The number of aromatic nitrogens is 1. The van der Waals surface area contributed by atoms with E-state index in [2.05, 4.69) is 20.8 Å². The molecule has 4 N–H and O–H groups in total. The molecule has 2 rings (SSSR count). The standard InChI is InChI=1S/C15H17N5S/c1-10-6-7-11(2)13(9-10)18-15(21)20-19-14(16)12-5-3-4-8-17-12/h3-9H,1-2H3,(H2,16,19)(H2,18,20,21). The minimum Gasteiger partial charge on any atom is -0.380 e. The van der Waals surface area contributed by atoms with E-state index in [9.17, 15) is 0 Å². The summed E-state index contributed by atoms with van der Waals surface area (Å²) >= 11 is 5.20. The van der Waals surface area contributed by atoms with Crippen LogP contribution in [0.2, 0.25) is 0 Å². The molecule has 0 unspecified atom stereocenters. The van der Waals surface area contributed by atoms with E-state index in [4.69, 9.17) is 18.0 Å². The van der Waals surface area contributed by atoms with Gasteiger partial charge in [0.15, 0.2) is 10.9 Å². The van der Waals surface area contributed by atoms with Crippen LogP contribution in [-0.2, 0) is 0 Å². The molecular weight excluding hydrogens is 282 g/mol. The lowest BCUT2D eigenvalue weighted by molar-refractivity contribution is 1.03. The molecule has 108 valence electrons. The zero-order chi connectivity index (χ0) is 15.2. The van der Waals surface area contributed by atoms with Crippen molar-refractivity contribution in [2.24, 2.45) is 10.8 Å². The maximum Gasteiger partial charge on any atom is 0.191 e. The van der Waals surface area contributed by atoms with Gasteiger partial charge in [-0.1, -0.05) is 18.2 Å². The molecule has 1 aromatic heterocycles. The molecule has 5 nitrogen and oxygen atoms in total. The Labute approximate surface area is 129 Å². The van der Waals surface area contributed by atoms with Crippen LogP contribution in [0.1, 0.15) is 16.8 Å². The van der Waals surface area contributed by atoms with Crippen LogP contribution >= 0.6 is 12.2 Å². The number of hydrogen-bond donors (Lipinski definition) is 3. The van der Waals surface area contributed by atoms with Crippen molar-refractivity contribution < 1.29 is 0 Å². The molecule has 1 aromatic carbocycles. The lowest BCUT2D eigenvalue weighted by Crippen LogP contribution is -2.28. The third kappa shape index (κ3) is 4.25. The van der Waals surface area contributed by atoms with Crippen LogP contribution in [0.15, 0.2) is 47.7 Å². The van der Waals surface area contributed by atoms with Crippen molar-refractivity contribution >= 4 is 28.9 Å². The number of nitrogens with one attached hydrogen (secondary N) is 2. The molecule has 0 atom stereocenters. The SMILES string of the molecule is Cc1ccc(C)c(NC(=S)N/N=C(\N)c2ccccn2)c1. The molecule has 0 aliphatic heterocycles. The summed E-state index contributed by atoms with van der Waals surface area (Å²) in [5, 5.41) is 7.49. The largest absolute Gasteiger partial charge is 0.380 e. The van der Waals surface area contributed by atoms with Crippen LogP contribution in [0.25, 0.3) is 0 Å². The van der Waals surface area contributed by atoms with Gasteiger partial charge in [-0.15, -0.1) is 0 Å². The number of rotatable bonds is 3. The Kier molecular flexibility index (Phi) is 4.84. The lowest BCUT2D eigenvalue weighted by atomic mass is 10.1. The zero-order valence-corrected chi connectivity index (χ0v) is 12.7. The molecule has 2 aromatic rings. The molecule has 0 radical (unpaired) electrons. The molecular formula is C15H17N5S. The Bertz CT molecular complexity index is 667. The molecule has 0 aliphatic rings. The average Bonchev–Trinajstić information content (AvgIpc) is 2.49. The number of aryl methyl sites for hydroxylation is 2. The predicted octanol–water partition coefficient (Wildman–Crippen LogP) is 2.31. The fraction of sp³-hybridized carbons (Fsp3) is 0.133. The molecule has 1 heterocycles. The number of nitrogens with two attached hydrogens (primary N) is 1. The summed E-state index contributed by atoms with van der Waals surface area (Å²) in [6.07, 6.45) is 1.66. The summed E-state index contributed by atoms with van der Waals surface area (Å²) in [4.78, 5) is 4.11. The number of pyridine rings is 1. The number of nitrogens with zero attached hydrogens (tertiary/aromatic N) is 2. The number of hydrazone groups is 1. The summed E-state index contributed by atoms with van der Waals surface area (Å²) < 4.78 is 0. The summed E-state index contributed by atoms with van der Waals surface area (Å²) in [6, 6.07) is 11.5. The van der Waals surface area contributed by atoms with Gasteiger partial charge in [0, 0.05) is 11.9 Å². The zero-order valence-electron chi connectivity index (χ0n) is 11.9. The molecule has 21 heavy (non-hydrogen) atoms. The van der Waals surface area contributed by atoms with Gasteiger partial charge in [0.05, 0.1) is 0 Å². The van der Waals surface area contributed by atoms with Gasteiger partial charge in [0.2, 0.25) is 0 Å². The maximum atomic E-state index is 5.83. The van der Waals surface area contributed by atoms with Crippen molar-refractivity contribution in [3.63, 3.8) is 0 Å². The molecule has 0 bridgehead atoms. The van der Waals surface area contributed by atoms with Crippen LogP contribution in [0.5, 0.6) is 0 Å². The van der Waals surface area contributed by atoms with E-state index < -0.39 is 0 Å². The molecule has 0 saturated carbocycles. The van der Waals surface area contributed by atoms with E-state index in [1.807, 2.05) is 44.2 Å². The number of hydrogen-bond acceptors (Lipinski definition) is 3. The Balaban J connectivity index is 2.01. The summed E-state index contributed by atoms with van der Waals surface area (Å²) in [5.41, 5.74) is 12.3. The fourth-order valence-electron chi connectivity index (χ4n) is 1.70. The summed E-state index contributed by atoms with van der Waals surface area (Å²) in [7, 11) is 0. The van der Waals surface area contributed by atoms with Crippen LogP contribution in [0, 0.1) is 13.8 Å². The number of thiocarbonyl (C=S) groups is 1. The Hall–Kier alpha value is -2.47. The second-order valence-electron chi connectivity index (χ2n) is 4.60. The van der Waals surface area contributed by atoms with Crippen LogP contribution < -0.4 is 16.5 Å². The van der Waals surface area contributed by atoms with E-state index in [0.29, 0.717) is 10.8 Å². The second-order valence-corrected chi connectivity index (χ2v) is 5.00. The van der Waals surface area contributed by atoms with E-state index in [-0.39, 0.29) is 5.84 Å². The van der Waals surface area contributed by atoms with Gasteiger partial charge in [-0.3, -0.25) is 10.4 Å². The van der Waals surface area contributed by atoms with Crippen LogP contribution in [0.4, 0.5) is 5.69 Å². The Morgan fingerprint density at radius 1 is 1.24 bits per heavy atom. The Morgan fingerprint density at radius 2 is 2.05 bits per heavy atom. The summed E-state index contributed by atoms with van der Waals surface area (Å²) in [5.74, 6) is 0.278. The number of anilines is 1. The molecule has 0 amide bonds. The third-order valence-electron chi connectivity index (χ3n) is 2.85. The molecule has 0 aliphatic carbocycles. The first-order valence-electron chi connectivity index (χ1n) is 6.45. The van der Waals surface area contributed by atoms with Crippen molar-refractivity contribution in [3.05, 3.63) is 59.4 Å². The van der Waals surface area contributed by atoms with Crippen LogP contribution in [0.3, 0.4) is 0 Å². The molecule has 0 fully saturated rings. The Morgan fingerprint density at radius 3 is 2.76 bits per heavy atom. The first-order chi connectivity index (χ1) is 10.1. The van der Waals surface area contributed by atoms with Crippen molar-refractivity contribution in [1.29, 1.82) is 0 Å². The van der Waals surface area contributed by atoms with E-state index >= 15 is 0 Å². The average molecular weight is 299 g/mol. The first kappa shape index (κ1) is 14.9. The second kappa shape index (κ2) is 6.81. The molecule has 6 heteroatoms. The highest BCUT2D eigenvalue weighted by molar-refractivity contribution is 7.80. The lowest BCUT2D eigenvalue weighted by Gasteiger charge is -2.11. The maximum absolute atomic E-state index is 5.83. The van der Waals surface area contributed by atoms with Gasteiger partial charge < -0.3 is 11.1 Å². The van der Waals surface area contributed by atoms with Crippen molar-refractivity contribution in [2.45, 2.75) is 13.8 Å². The number of amidine groups is 1. The quantitative estimate of drug-likeness (QED) is 0.351. The van der Waals surface area contributed by atoms with E-state index in [0.717, 1.165) is 16.8 Å². The molecule has 0 spiro atoms. The van der Waals surface area contributed by atoms with Gasteiger partial charge in [0.25, 0.3) is 0 Å². The van der Waals surface area contributed by atoms with Gasteiger partial charge in [-0.25, -0.2) is 0 Å². The smallest absolute Gasteiger partial charge is 0.191 e. The highest BCUT2D eigenvalue weighted by Gasteiger charge is 2.02. The predicted molar refractivity (Wildman–Crippen MR) is 90.2 cm³/mol. The van der Waals surface area contributed by atoms with Crippen LogP contribution in [-0.4, -0.2) is 15.9 Å². The minimum absolute atomic E-state index is 0.278. The van der Waals surface area contributed by atoms with Crippen molar-refractivity contribution in [3.8, 4) is 0 Å². The third-order valence-corrected chi connectivity index (χ3v) is 3.04. The highest BCUT2D eigenvalue weighted by atomic mass is 32.1.